The molecule has 6 aromatic rings. The Morgan fingerprint density at radius 2 is 0.690 bits per heavy atom. The van der Waals surface area contributed by atoms with E-state index < -0.39 is 48.9 Å². The molecule has 58 heavy (non-hydrogen) atoms. The molecule has 0 saturated carbocycles. The van der Waals surface area contributed by atoms with E-state index in [0.29, 0.717) is 0 Å². The Balaban J connectivity index is 1.50. The predicted molar refractivity (Wildman–Crippen MR) is 256 cm³/mol. The molecule has 311 valence electrons. The van der Waals surface area contributed by atoms with Gasteiger partial charge >= 0.3 is 366 Å². The zero-order chi connectivity index (χ0) is 42.3. The van der Waals surface area contributed by atoms with Gasteiger partial charge in [-0.25, -0.2) is 0 Å². The van der Waals surface area contributed by atoms with Gasteiger partial charge in [-0.1, -0.05) is 0 Å². The van der Waals surface area contributed by atoms with Crippen LogP contribution in [0.25, 0.3) is 32.7 Å². The first-order valence-electron chi connectivity index (χ1n) is 21.1. The van der Waals surface area contributed by atoms with Gasteiger partial charge in [-0.15, -0.1) is 0 Å². The van der Waals surface area contributed by atoms with Gasteiger partial charge in [-0.2, -0.15) is 0 Å². The van der Waals surface area contributed by atoms with Crippen LogP contribution in [0.2, 0.25) is 39.3 Å². The third-order valence-corrected chi connectivity index (χ3v) is 22.7. The summed E-state index contributed by atoms with van der Waals surface area (Å²) in [7, 11) is -2.58. The summed E-state index contributed by atoms with van der Waals surface area (Å²) in [4.78, 5) is 0. The van der Waals surface area contributed by atoms with Gasteiger partial charge in [-0.3, -0.25) is 0 Å². The SMILES string of the molecule is C[Si](C)OC(Cn1ccc2cc[c]([Bi]([c]3ccc4ccn(CC(O[Si](C)C)C(C)(C)C)c4c3)[c]3ccc4ccn(CC(O[Si](C)C)C(C)(C)C)c4c3)cc21)C(C)(C)C. The fourth-order valence-corrected chi connectivity index (χ4v) is 19.7. The first-order chi connectivity index (χ1) is 27.1. The van der Waals surface area contributed by atoms with Crippen LogP contribution in [0.3, 0.4) is 0 Å². The van der Waals surface area contributed by atoms with Gasteiger partial charge in [0.25, 0.3) is 0 Å². The van der Waals surface area contributed by atoms with E-state index in [9.17, 15) is 0 Å². The molecule has 6 nitrogen and oxygen atoms in total. The van der Waals surface area contributed by atoms with Crippen molar-refractivity contribution in [1.29, 1.82) is 0 Å². The Morgan fingerprint density at radius 1 is 0.431 bits per heavy atom. The number of hydrogen-bond donors (Lipinski definition) is 0. The molecule has 0 saturated heterocycles. The topological polar surface area (TPSA) is 42.5 Å². The van der Waals surface area contributed by atoms with E-state index in [4.69, 9.17) is 13.3 Å². The maximum absolute atomic E-state index is 6.66. The van der Waals surface area contributed by atoms with Crippen molar-refractivity contribution in [2.45, 2.75) is 140 Å². The zero-order valence-electron chi connectivity index (χ0n) is 38.0. The average Bonchev–Trinajstić information content (AvgIpc) is 3.82. The number of aromatic nitrogens is 3. The number of rotatable bonds is 15. The van der Waals surface area contributed by atoms with Gasteiger partial charge < -0.3 is 0 Å². The fourth-order valence-electron chi connectivity index (χ4n) is 7.71. The van der Waals surface area contributed by atoms with Crippen molar-refractivity contribution in [3.8, 4) is 0 Å². The second-order valence-electron chi connectivity index (χ2n) is 20.1. The van der Waals surface area contributed by atoms with Crippen LogP contribution in [-0.4, -0.2) is 80.9 Å². The zero-order valence-corrected chi connectivity index (χ0v) is 44.5. The van der Waals surface area contributed by atoms with Crippen molar-refractivity contribution in [1.82, 2.24) is 13.7 Å². The fraction of sp³-hybridized carbons (Fsp3) is 0.500. The molecule has 0 bridgehead atoms. The van der Waals surface area contributed by atoms with Gasteiger partial charge in [0, 0.05) is 0 Å². The van der Waals surface area contributed by atoms with Crippen LogP contribution in [-0.2, 0) is 32.9 Å². The quantitative estimate of drug-likeness (QED) is 0.0963. The predicted octanol–water partition coefficient (Wildman–Crippen LogP) is 10.1. The van der Waals surface area contributed by atoms with Crippen molar-refractivity contribution in [2.75, 3.05) is 0 Å². The molecule has 3 radical (unpaired) electrons. The first-order valence-corrected chi connectivity index (χ1v) is 33.5. The maximum atomic E-state index is 6.66. The molecule has 3 unspecified atom stereocenters. The standard InChI is InChI=1S/3C16H23NOSi.Bi/c3*1-16(2,3)15(18-19(4)5)12-17-11-10-13-8-6-7-9-14(13)17;/h3*6,8-11,15H,12H2,1-5H3;. The monoisotopic (exact) mass is 1030 g/mol. The van der Waals surface area contributed by atoms with Crippen molar-refractivity contribution in [3.63, 3.8) is 0 Å². The molecule has 0 amide bonds. The summed E-state index contributed by atoms with van der Waals surface area (Å²) in [6.45, 7) is 36.8. The molecule has 0 aliphatic carbocycles. The summed E-state index contributed by atoms with van der Waals surface area (Å²) in [5, 5.41) is 3.86. The van der Waals surface area contributed by atoms with Crippen LogP contribution in [0.15, 0.2) is 91.4 Å². The van der Waals surface area contributed by atoms with Gasteiger partial charge in [0.15, 0.2) is 0 Å². The van der Waals surface area contributed by atoms with Gasteiger partial charge in [-0.05, 0) is 0 Å². The van der Waals surface area contributed by atoms with Gasteiger partial charge in [0.1, 0.15) is 0 Å². The van der Waals surface area contributed by atoms with Crippen molar-refractivity contribution in [3.05, 3.63) is 91.4 Å². The Hall–Kier alpha value is -2.31. The van der Waals surface area contributed by atoms with E-state index in [1.54, 1.807) is 0 Å². The van der Waals surface area contributed by atoms with Crippen molar-refractivity contribution >= 4 is 91.4 Å². The number of nitrogens with zero attached hydrogens (tertiary/aromatic N) is 3. The summed E-state index contributed by atoms with van der Waals surface area (Å²) >= 11 is -2.96. The van der Waals surface area contributed by atoms with Gasteiger partial charge in [0.05, 0.1) is 0 Å². The van der Waals surface area contributed by atoms with Crippen molar-refractivity contribution < 1.29 is 13.3 Å². The van der Waals surface area contributed by atoms with Crippen LogP contribution in [0.1, 0.15) is 62.3 Å². The van der Waals surface area contributed by atoms with Crippen LogP contribution in [0, 0.1) is 16.2 Å². The molecule has 0 aliphatic heterocycles. The number of benzene rings is 3. The van der Waals surface area contributed by atoms with E-state index >= 15 is 0 Å². The summed E-state index contributed by atoms with van der Waals surface area (Å²) < 4.78 is 31.8. The summed E-state index contributed by atoms with van der Waals surface area (Å²) in [5.41, 5.74) is 4.01. The second kappa shape index (κ2) is 18.0. The Labute approximate surface area is 363 Å². The third-order valence-electron chi connectivity index (χ3n) is 11.2. The average molecular weight is 1030 g/mol. The molecule has 0 spiro atoms. The summed E-state index contributed by atoms with van der Waals surface area (Å²) in [6, 6.07) is 28.9. The third kappa shape index (κ3) is 10.8. The Morgan fingerprint density at radius 3 is 0.914 bits per heavy atom. The van der Waals surface area contributed by atoms with Crippen LogP contribution in [0.5, 0.6) is 0 Å². The molecule has 3 atom stereocenters. The molecular formula is C48H69BiN3O3Si3. The van der Waals surface area contributed by atoms with Crippen LogP contribution >= 0.6 is 0 Å². The van der Waals surface area contributed by atoms with E-state index in [0.717, 1.165) is 19.6 Å². The molecule has 0 aliphatic rings. The minimum absolute atomic E-state index is 0.0355. The molecule has 3 heterocycles. The van der Waals surface area contributed by atoms with Crippen molar-refractivity contribution in [2.24, 2.45) is 16.2 Å². The molecule has 0 N–H and O–H groups in total. The molecule has 0 fully saturated rings. The Bertz CT molecular complexity index is 2050. The molecule has 6 rings (SSSR count). The van der Waals surface area contributed by atoms with E-state index in [1.807, 2.05) is 0 Å². The summed E-state index contributed by atoms with van der Waals surface area (Å²) in [5.74, 6) is 0. The molecule has 3 aromatic carbocycles. The van der Waals surface area contributed by atoms with Gasteiger partial charge in [0.2, 0.25) is 0 Å². The van der Waals surface area contributed by atoms with E-state index in [1.165, 1.54) is 42.5 Å². The number of fused-ring (bicyclic) bond motifs is 3. The normalized spacial score (nSPS) is 14.9. The molecule has 10 heteroatoms. The summed E-state index contributed by atoms with van der Waals surface area (Å²) in [6.07, 6.45) is 7.23. The van der Waals surface area contributed by atoms with E-state index in [-0.39, 0.29) is 34.6 Å². The Kier molecular flexibility index (Phi) is 14.0. The van der Waals surface area contributed by atoms with E-state index in [2.05, 4.69) is 207 Å². The second-order valence-corrected chi connectivity index (χ2v) is 34.9. The number of hydrogen-bond acceptors (Lipinski definition) is 3. The first kappa shape index (κ1) is 45.2. The van der Waals surface area contributed by atoms with Crippen LogP contribution in [0.4, 0.5) is 0 Å². The molecular weight excluding hydrogens is 960 g/mol. The minimum atomic E-state index is -2.96. The van der Waals surface area contributed by atoms with Crippen LogP contribution < -0.4 is 9.81 Å². The molecule has 3 aromatic heterocycles.